The molecular formula is C18H20N2O2. The molecule has 1 aliphatic heterocycles. The number of rotatable bonds is 4. The zero-order chi connectivity index (χ0) is 15.4. The fourth-order valence-corrected chi connectivity index (χ4v) is 3.09. The van der Waals surface area contributed by atoms with Crippen molar-refractivity contribution < 1.29 is 9.52 Å². The number of aliphatic hydroxyl groups excluding tert-OH is 1. The van der Waals surface area contributed by atoms with Crippen molar-refractivity contribution >= 4 is 0 Å². The number of hydrogen-bond donors (Lipinski definition) is 1. The highest BCUT2D eigenvalue weighted by molar-refractivity contribution is 5.19. The molecule has 1 aliphatic rings. The summed E-state index contributed by atoms with van der Waals surface area (Å²) in [5.74, 6) is 1.51. The van der Waals surface area contributed by atoms with Gasteiger partial charge in [-0.2, -0.15) is 5.26 Å². The topological polar surface area (TPSA) is 60.4 Å². The van der Waals surface area contributed by atoms with Crippen LogP contribution in [0.1, 0.15) is 36.0 Å². The third kappa shape index (κ3) is 3.38. The van der Waals surface area contributed by atoms with E-state index in [2.05, 4.69) is 4.90 Å². The van der Waals surface area contributed by atoms with E-state index in [9.17, 15) is 5.11 Å². The SMILES string of the molecule is N#Cc1ccc(CN2CCC(C(O)c3ccccc3)CC2)o1. The Labute approximate surface area is 130 Å². The van der Waals surface area contributed by atoms with E-state index in [1.165, 1.54) is 0 Å². The van der Waals surface area contributed by atoms with E-state index in [-0.39, 0.29) is 6.10 Å². The van der Waals surface area contributed by atoms with Gasteiger partial charge in [0.05, 0.1) is 12.6 Å². The van der Waals surface area contributed by atoms with Crippen LogP contribution in [0.15, 0.2) is 46.9 Å². The molecule has 1 unspecified atom stereocenters. The Hall–Kier alpha value is -2.09. The number of piperidine rings is 1. The third-order valence-corrected chi connectivity index (χ3v) is 4.37. The van der Waals surface area contributed by atoms with Gasteiger partial charge in [-0.15, -0.1) is 0 Å². The van der Waals surface area contributed by atoms with Gasteiger partial charge in [0.1, 0.15) is 11.8 Å². The Morgan fingerprint density at radius 3 is 2.55 bits per heavy atom. The van der Waals surface area contributed by atoms with Gasteiger partial charge in [0.15, 0.2) is 0 Å². The predicted molar refractivity (Wildman–Crippen MR) is 82.8 cm³/mol. The second-order valence-electron chi connectivity index (χ2n) is 5.85. The molecule has 2 aromatic rings. The molecule has 22 heavy (non-hydrogen) atoms. The van der Waals surface area contributed by atoms with Crippen LogP contribution in [0.2, 0.25) is 0 Å². The van der Waals surface area contributed by atoms with Gasteiger partial charge < -0.3 is 9.52 Å². The summed E-state index contributed by atoms with van der Waals surface area (Å²) >= 11 is 0. The number of benzene rings is 1. The molecule has 0 aliphatic carbocycles. The predicted octanol–water partition coefficient (Wildman–Crippen LogP) is 3.10. The fraction of sp³-hybridized carbons (Fsp3) is 0.389. The van der Waals surface area contributed by atoms with E-state index in [0.717, 1.165) is 43.8 Å². The maximum absolute atomic E-state index is 10.5. The zero-order valence-corrected chi connectivity index (χ0v) is 12.5. The van der Waals surface area contributed by atoms with Crippen LogP contribution in [-0.4, -0.2) is 23.1 Å². The van der Waals surface area contributed by atoms with Gasteiger partial charge in [-0.1, -0.05) is 30.3 Å². The van der Waals surface area contributed by atoms with Gasteiger partial charge in [-0.25, -0.2) is 0 Å². The highest BCUT2D eigenvalue weighted by atomic mass is 16.3. The third-order valence-electron chi connectivity index (χ3n) is 4.37. The van der Waals surface area contributed by atoms with Crippen molar-refractivity contribution in [2.75, 3.05) is 13.1 Å². The molecule has 0 radical (unpaired) electrons. The summed E-state index contributed by atoms with van der Waals surface area (Å²) in [6.07, 6.45) is 1.57. The van der Waals surface area contributed by atoms with Crippen molar-refractivity contribution in [1.29, 1.82) is 5.26 Å². The summed E-state index contributed by atoms with van der Waals surface area (Å²) in [6, 6.07) is 15.5. The summed E-state index contributed by atoms with van der Waals surface area (Å²) in [7, 11) is 0. The first kappa shape index (κ1) is 14.8. The van der Waals surface area contributed by atoms with E-state index >= 15 is 0 Å². The van der Waals surface area contributed by atoms with E-state index in [1.54, 1.807) is 6.07 Å². The van der Waals surface area contributed by atoms with Gasteiger partial charge in [0.2, 0.25) is 5.76 Å². The van der Waals surface area contributed by atoms with Gasteiger partial charge >= 0.3 is 0 Å². The van der Waals surface area contributed by atoms with Crippen LogP contribution < -0.4 is 0 Å². The minimum Gasteiger partial charge on any atom is -0.449 e. The molecule has 114 valence electrons. The second kappa shape index (κ2) is 6.78. The summed E-state index contributed by atoms with van der Waals surface area (Å²) < 4.78 is 5.43. The first-order chi connectivity index (χ1) is 10.8. The summed E-state index contributed by atoms with van der Waals surface area (Å²) in [5, 5.41) is 19.3. The summed E-state index contributed by atoms with van der Waals surface area (Å²) in [4.78, 5) is 2.31. The first-order valence-corrected chi connectivity index (χ1v) is 7.70. The Kier molecular flexibility index (Phi) is 4.57. The quantitative estimate of drug-likeness (QED) is 0.942. The molecule has 1 atom stereocenters. The number of furan rings is 1. The van der Waals surface area contributed by atoms with E-state index in [4.69, 9.17) is 9.68 Å². The molecule has 3 rings (SSSR count). The molecule has 1 aromatic carbocycles. The van der Waals surface area contributed by atoms with Crippen LogP contribution in [0.3, 0.4) is 0 Å². The molecule has 1 aromatic heterocycles. The molecule has 0 amide bonds. The molecule has 0 spiro atoms. The zero-order valence-electron chi connectivity index (χ0n) is 12.5. The lowest BCUT2D eigenvalue weighted by atomic mass is 9.87. The lowest BCUT2D eigenvalue weighted by Gasteiger charge is -2.33. The monoisotopic (exact) mass is 296 g/mol. The lowest BCUT2D eigenvalue weighted by molar-refractivity contribution is 0.0549. The maximum Gasteiger partial charge on any atom is 0.203 e. The van der Waals surface area contributed by atoms with Gasteiger partial charge in [0.25, 0.3) is 0 Å². The van der Waals surface area contributed by atoms with Crippen LogP contribution in [0.5, 0.6) is 0 Å². The van der Waals surface area contributed by atoms with Crippen molar-refractivity contribution in [2.24, 2.45) is 5.92 Å². The standard InChI is InChI=1S/C18H20N2O2/c19-12-16-6-7-17(22-16)13-20-10-8-15(9-11-20)18(21)14-4-2-1-3-5-14/h1-7,15,18,21H,8-11,13H2. The van der Waals surface area contributed by atoms with Gasteiger partial charge in [-0.05, 0) is 49.5 Å². The van der Waals surface area contributed by atoms with Crippen molar-refractivity contribution in [1.82, 2.24) is 4.90 Å². The molecular weight excluding hydrogens is 276 g/mol. The Bertz CT molecular complexity index is 637. The average molecular weight is 296 g/mol. The van der Waals surface area contributed by atoms with Crippen LogP contribution in [-0.2, 0) is 6.54 Å². The van der Waals surface area contributed by atoms with E-state index < -0.39 is 0 Å². The van der Waals surface area contributed by atoms with Crippen LogP contribution in [0, 0.1) is 17.2 Å². The largest absolute Gasteiger partial charge is 0.449 e. The highest BCUT2D eigenvalue weighted by Gasteiger charge is 2.26. The number of nitriles is 1. The molecule has 4 heteroatoms. The Balaban J connectivity index is 1.53. The van der Waals surface area contributed by atoms with Crippen LogP contribution in [0.4, 0.5) is 0 Å². The smallest absolute Gasteiger partial charge is 0.203 e. The van der Waals surface area contributed by atoms with Gasteiger partial charge in [0, 0.05) is 0 Å². The minimum atomic E-state index is -0.378. The van der Waals surface area contributed by atoms with Crippen molar-refractivity contribution in [2.45, 2.75) is 25.5 Å². The van der Waals surface area contributed by atoms with Crippen molar-refractivity contribution in [3.63, 3.8) is 0 Å². The molecule has 1 N–H and O–H groups in total. The molecule has 0 saturated carbocycles. The number of nitrogens with zero attached hydrogens (tertiary/aromatic N) is 2. The lowest BCUT2D eigenvalue weighted by Crippen LogP contribution is -2.35. The van der Waals surface area contributed by atoms with Crippen LogP contribution >= 0.6 is 0 Å². The van der Waals surface area contributed by atoms with Crippen LogP contribution in [0.25, 0.3) is 0 Å². The van der Waals surface area contributed by atoms with Crippen molar-refractivity contribution in [3.8, 4) is 6.07 Å². The molecule has 0 bridgehead atoms. The number of aliphatic hydroxyl groups is 1. The Morgan fingerprint density at radius 2 is 1.91 bits per heavy atom. The number of likely N-dealkylation sites (tertiary alicyclic amines) is 1. The summed E-state index contributed by atoms with van der Waals surface area (Å²) in [6.45, 7) is 2.62. The maximum atomic E-state index is 10.5. The number of hydrogen-bond acceptors (Lipinski definition) is 4. The molecule has 1 fully saturated rings. The Morgan fingerprint density at radius 1 is 1.18 bits per heavy atom. The molecule has 4 nitrogen and oxygen atoms in total. The highest BCUT2D eigenvalue weighted by Crippen LogP contribution is 2.31. The van der Waals surface area contributed by atoms with E-state index in [0.29, 0.717) is 11.7 Å². The van der Waals surface area contributed by atoms with E-state index in [1.807, 2.05) is 42.5 Å². The second-order valence-corrected chi connectivity index (χ2v) is 5.85. The summed E-state index contributed by atoms with van der Waals surface area (Å²) in [5.41, 5.74) is 1.01. The average Bonchev–Trinajstić information content (AvgIpc) is 3.03. The molecule has 2 heterocycles. The normalized spacial score (nSPS) is 18.0. The first-order valence-electron chi connectivity index (χ1n) is 7.70. The van der Waals surface area contributed by atoms with Gasteiger partial charge in [-0.3, -0.25) is 4.90 Å². The fourth-order valence-electron chi connectivity index (χ4n) is 3.09. The molecule has 1 saturated heterocycles. The minimum absolute atomic E-state index is 0.310. The van der Waals surface area contributed by atoms with Crippen molar-refractivity contribution in [3.05, 3.63) is 59.5 Å².